The number of benzene rings is 1. The van der Waals surface area contributed by atoms with E-state index in [1.54, 1.807) is 37.3 Å². The van der Waals surface area contributed by atoms with Gasteiger partial charge in [0.2, 0.25) is 0 Å². The van der Waals surface area contributed by atoms with Gasteiger partial charge >= 0.3 is 5.97 Å². The molecular weight excluding hydrogens is 334 g/mol. The van der Waals surface area contributed by atoms with Gasteiger partial charge in [0.1, 0.15) is 23.8 Å². The lowest BCUT2D eigenvalue weighted by Crippen LogP contribution is -2.08. The van der Waals surface area contributed by atoms with E-state index in [0.29, 0.717) is 23.6 Å². The Morgan fingerprint density at radius 1 is 1.12 bits per heavy atom. The van der Waals surface area contributed by atoms with E-state index in [9.17, 15) is 9.59 Å². The predicted octanol–water partition coefficient (Wildman–Crippen LogP) is 4.26. The minimum Gasteiger partial charge on any atom is -0.494 e. The quantitative estimate of drug-likeness (QED) is 0.339. The monoisotopic (exact) mass is 359 g/mol. The third kappa shape index (κ3) is 6.70. The molecule has 0 spiro atoms. The van der Waals surface area contributed by atoms with Gasteiger partial charge in [-0.25, -0.2) is 0 Å². The molecule has 0 amide bonds. The molecular formula is C20H25NO5. The van der Waals surface area contributed by atoms with E-state index >= 15 is 0 Å². The first-order chi connectivity index (χ1) is 12.6. The molecule has 2 rings (SSSR count). The first-order valence-electron chi connectivity index (χ1n) is 8.92. The third-order valence-corrected chi connectivity index (χ3v) is 3.81. The molecule has 0 saturated heterocycles. The van der Waals surface area contributed by atoms with Crippen LogP contribution in [0.5, 0.6) is 5.75 Å². The number of esters is 1. The minimum absolute atomic E-state index is 0.0327. The second-order valence-electron chi connectivity index (χ2n) is 6.09. The number of ether oxygens (including phenoxy) is 2. The smallest absolute Gasteiger partial charge is 0.306 e. The molecule has 0 fully saturated rings. The number of aryl methyl sites for hydroxylation is 1. The van der Waals surface area contributed by atoms with Crippen LogP contribution in [0.15, 0.2) is 34.9 Å². The second-order valence-corrected chi connectivity index (χ2v) is 6.09. The normalized spacial score (nSPS) is 10.5. The van der Waals surface area contributed by atoms with Crippen LogP contribution in [0.3, 0.4) is 0 Å². The van der Waals surface area contributed by atoms with Crippen molar-refractivity contribution in [3.8, 4) is 5.75 Å². The largest absolute Gasteiger partial charge is 0.494 e. The molecule has 0 aliphatic heterocycles. The number of ketones is 1. The van der Waals surface area contributed by atoms with Gasteiger partial charge in [-0.1, -0.05) is 24.9 Å². The van der Waals surface area contributed by atoms with Crippen LogP contribution >= 0.6 is 0 Å². The van der Waals surface area contributed by atoms with Crippen LogP contribution in [0.1, 0.15) is 60.8 Å². The summed E-state index contributed by atoms with van der Waals surface area (Å²) in [7, 11) is 0. The lowest BCUT2D eigenvalue weighted by atomic mass is 10.1. The Morgan fingerprint density at radius 2 is 1.88 bits per heavy atom. The van der Waals surface area contributed by atoms with E-state index in [1.165, 1.54) is 0 Å². The van der Waals surface area contributed by atoms with Crippen LogP contribution in [-0.2, 0) is 16.1 Å². The van der Waals surface area contributed by atoms with Gasteiger partial charge in [0.25, 0.3) is 0 Å². The lowest BCUT2D eigenvalue weighted by molar-refractivity contribution is -0.145. The maximum absolute atomic E-state index is 12.2. The Hall–Kier alpha value is -2.63. The number of unbranched alkanes of at least 4 members (excludes halogenated alkanes) is 2. The molecule has 0 N–H and O–H groups in total. The first kappa shape index (κ1) is 19.7. The van der Waals surface area contributed by atoms with Gasteiger partial charge in [-0.3, -0.25) is 9.59 Å². The first-order valence-corrected chi connectivity index (χ1v) is 8.92. The van der Waals surface area contributed by atoms with Crippen LogP contribution in [-0.4, -0.2) is 23.5 Å². The number of hydrogen-bond acceptors (Lipinski definition) is 6. The van der Waals surface area contributed by atoms with Crippen molar-refractivity contribution < 1.29 is 23.6 Å². The summed E-state index contributed by atoms with van der Waals surface area (Å²) in [6, 6.07) is 8.71. The van der Waals surface area contributed by atoms with Crippen LogP contribution in [0.25, 0.3) is 0 Å². The van der Waals surface area contributed by atoms with Gasteiger partial charge in [0.15, 0.2) is 5.78 Å². The maximum Gasteiger partial charge on any atom is 0.306 e. The Balaban J connectivity index is 1.70. The molecule has 2 aromatic rings. The highest BCUT2D eigenvalue weighted by atomic mass is 16.5. The molecule has 1 heterocycles. The van der Waals surface area contributed by atoms with Crippen LogP contribution in [0.4, 0.5) is 0 Å². The molecule has 0 aliphatic rings. The molecule has 26 heavy (non-hydrogen) atoms. The Kier molecular flexibility index (Phi) is 7.86. The average Bonchev–Trinajstić information content (AvgIpc) is 3.07. The molecule has 1 aromatic heterocycles. The summed E-state index contributed by atoms with van der Waals surface area (Å²) < 4.78 is 15.6. The van der Waals surface area contributed by atoms with Crippen molar-refractivity contribution in [2.75, 3.05) is 6.61 Å². The van der Waals surface area contributed by atoms with Crippen molar-refractivity contribution in [3.05, 3.63) is 47.3 Å². The van der Waals surface area contributed by atoms with Crippen LogP contribution in [0, 0.1) is 6.92 Å². The summed E-state index contributed by atoms with van der Waals surface area (Å²) in [5.41, 5.74) is 1.11. The highest BCUT2D eigenvalue weighted by molar-refractivity contribution is 5.97. The highest BCUT2D eigenvalue weighted by Gasteiger charge is 2.11. The average molecular weight is 359 g/mol. The molecule has 0 unspecified atom stereocenters. The summed E-state index contributed by atoms with van der Waals surface area (Å²) in [6.45, 7) is 4.64. The third-order valence-electron chi connectivity index (χ3n) is 3.81. The van der Waals surface area contributed by atoms with Gasteiger partial charge in [-0.15, -0.1) is 0 Å². The molecule has 0 atom stereocenters. The fourth-order valence-corrected chi connectivity index (χ4v) is 2.35. The Bertz CT molecular complexity index is 705. The van der Waals surface area contributed by atoms with Crippen molar-refractivity contribution in [3.63, 3.8) is 0 Å². The SMILES string of the molecule is CCCCCOc1ccc(C(=O)CCC(=O)OCc2cc(C)on2)cc1. The second kappa shape index (κ2) is 10.4. The summed E-state index contributed by atoms with van der Waals surface area (Å²) in [5.74, 6) is 0.871. The summed E-state index contributed by atoms with van der Waals surface area (Å²) >= 11 is 0. The van der Waals surface area contributed by atoms with E-state index in [1.807, 2.05) is 0 Å². The summed E-state index contributed by atoms with van der Waals surface area (Å²) in [5, 5.41) is 3.74. The topological polar surface area (TPSA) is 78.6 Å². The highest BCUT2D eigenvalue weighted by Crippen LogP contribution is 2.15. The molecule has 6 heteroatoms. The molecule has 0 bridgehead atoms. The van der Waals surface area contributed by atoms with Crippen molar-refractivity contribution in [2.24, 2.45) is 0 Å². The number of hydrogen-bond donors (Lipinski definition) is 0. The molecule has 0 radical (unpaired) electrons. The van der Waals surface area contributed by atoms with E-state index in [0.717, 1.165) is 25.0 Å². The van der Waals surface area contributed by atoms with Gasteiger partial charge < -0.3 is 14.0 Å². The van der Waals surface area contributed by atoms with Gasteiger partial charge in [0.05, 0.1) is 13.0 Å². The number of carbonyl (C=O) groups is 2. The number of aromatic nitrogens is 1. The zero-order valence-corrected chi connectivity index (χ0v) is 15.3. The van der Waals surface area contributed by atoms with E-state index in [2.05, 4.69) is 12.1 Å². The fraction of sp³-hybridized carbons (Fsp3) is 0.450. The number of Topliss-reactive ketones (excluding diaryl/α,β-unsaturated/α-hetero) is 1. The Labute approximate surface area is 153 Å². The van der Waals surface area contributed by atoms with Gasteiger partial charge in [0, 0.05) is 18.1 Å². The van der Waals surface area contributed by atoms with Crippen molar-refractivity contribution in [1.82, 2.24) is 5.16 Å². The van der Waals surface area contributed by atoms with Gasteiger partial charge in [-0.2, -0.15) is 0 Å². The van der Waals surface area contributed by atoms with Crippen LogP contribution in [0.2, 0.25) is 0 Å². The molecule has 6 nitrogen and oxygen atoms in total. The van der Waals surface area contributed by atoms with Crippen LogP contribution < -0.4 is 4.74 Å². The number of rotatable bonds is 11. The molecule has 140 valence electrons. The molecule has 0 aliphatic carbocycles. The minimum atomic E-state index is -0.435. The van der Waals surface area contributed by atoms with Crippen molar-refractivity contribution in [2.45, 2.75) is 52.6 Å². The zero-order chi connectivity index (χ0) is 18.8. The van der Waals surface area contributed by atoms with Crippen molar-refractivity contribution in [1.29, 1.82) is 0 Å². The van der Waals surface area contributed by atoms with Gasteiger partial charge in [-0.05, 0) is 37.6 Å². The number of nitrogens with zero attached hydrogens (tertiary/aromatic N) is 1. The predicted molar refractivity (Wildman–Crippen MR) is 96.1 cm³/mol. The zero-order valence-electron chi connectivity index (χ0n) is 15.3. The summed E-state index contributed by atoms with van der Waals surface area (Å²) in [6.07, 6.45) is 3.45. The summed E-state index contributed by atoms with van der Waals surface area (Å²) in [4.78, 5) is 23.9. The lowest BCUT2D eigenvalue weighted by Gasteiger charge is -2.07. The number of carbonyl (C=O) groups excluding carboxylic acids is 2. The fourth-order valence-electron chi connectivity index (χ4n) is 2.35. The van der Waals surface area contributed by atoms with E-state index in [-0.39, 0.29) is 25.2 Å². The Morgan fingerprint density at radius 3 is 2.54 bits per heavy atom. The molecule has 1 aromatic carbocycles. The van der Waals surface area contributed by atoms with E-state index < -0.39 is 5.97 Å². The van der Waals surface area contributed by atoms with Crippen molar-refractivity contribution >= 4 is 11.8 Å². The standard InChI is InChI=1S/C20H25NO5/c1-3-4-5-12-24-18-8-6-16(7-9-18)19(22)10-11-20(23)25-14-17-13-15(2)26-21-17/h6-9,13H,3-5,10-12,14H2,1-2H3. The van der Waals surface area contributed by atoms with E-state index in [4.69, 9.17) is 14.0 Å². The maximum atomic E-state index is 12.2. The molecule has 0 saturated carbocycles.